The summed E-state index contributed by atoms with van der Waals surface area (Å²) in [7, 11) is -16.6. The molecule has 40 heteroatoms. The second-order valence-electron chi connectivity index (χ2n) is 32.5. The first-order valence-electron chi connectivity index (χ1n) is 39.0. The van der Waals surface area contributed by atoms with Crippen LogP contribution in [-0.4, -0.2) is 264 Å². The molecule has 15 atom stereocenters. The Labute approximate surface area is 690 Å². The number of rotatable bonds is 10. The van der Waals surface area contributed by atoms with Crippen molar-refractivity contribution in [2.45, 2.75) is 92.8 Å². The lowest BCUT2D eigenvalue weighted by Gasteiger charge is -2.38. The van der Waals surface area contributed by atoms with E-state index in [0.29, 0.717) is 64.8 Å². The fourth-order valence-electron chi connectivity index (χ4n) is 19.4. The lowest BCUT2D eigenvalue weighted by molar-refractivity contribution is 0.0355. The van der Waals surface area contributed by atoms with Gasteiger partial charge in [0.2, 0.25) is 50.1 Å². The SMILES string of the molecule is CS(=O)(=O)N1CCC(O)C(C2c3ccc(F)cc3-c3cncn32)C1.CS(=O)(=O)N1CC[C@@H](O)[C@H]([C@@H]2c3ccc(F)cc3-c3cncn32)C1.CS(=O)(=O)N1CC[C@@H](O)[C@H]([C@H]2c3ccc(F)cc3-c3cncn32)C1.CS(=O)(=O)N1CC[C@H](O)[C@@H]([C@@H]2c3ccc(F)cc3-c3cncn32)C1.CS(=O)(=O)N1CC[C@H](O)[C@@H]([C@H]2c3ccc(F)cc3-c3cncn32)C1. The van der Waals surface area contributed by atoms with E-state index < -0.39 is 80.6 Å². The number of fused-ring (bicyclic) bond motifs is 15. The number of aliphatic hydroxyl groups excluding tert-OH is 5. The molecule has 0 spiro atoms. The number of aliphatic hydroxyl groups is 5. The Bertz CT molecular complexity index is 5340. The number of aromatic nitrogens is 10. The third-order valence-electron chi connectivity index (χ3n) is 25.2. The first-order valence-corrected chi connectivity index (χ1v) is 48.3. The Kier molecular flexibility index (Phi) is 22.9. The van der Waals surface area contributed by atoms with Crippen LogP contribution in [0.5, 0.6) is 0 Å². The topological polar surface area (TPSA) is 377 Å². The van der Waals surface area contributed by atoms with Crippen LogP contribution in [0.15, 0.2) is 154 Å². The molecule has 10 aliphatic rings. The molecule has 5 fully saturated rings. The van der Waals surface area contributed by atoms with Crippen molar-refractivity contribution in [1.82, 2.24) is 69.3 Å². The minimum Gasteiger partial charge on any atom is -0.393 e. The Morgan fingerprint density at radius 2 is 0.433 bits per heavy atom. The molecule has 0 bridgehead atoms. The van der Waals surface area contributed by atoms with Gasteiger partial charge >= 0.3 is 0 Å². The van der Waals surface area contributed by atoms with Crippen LogP contribution in [0, 0.1) is 58.7 Å². The van der Waals surface area contributed by atoms with Crippen molar-refractivity contribution in [2.24, 2.45) is 29.6 Å². The fraction of sp³-hybridized carbons (Fsp3) is 0.438. The van der Waals surface area contributed by atoms with E-state index in [-0.39, 0.29) is 122 Å². The van der Waals surface area contributed by atoms with Gasteiger partial charge in [-0.1, -0.05) is 30.3 Å². The maximum atomic E-state index is 13.7. The maximum Gasteiger partial charge on any atom is 0.211 e. The average Bonchev–Trinajstić information content (AvgIpc) is 1.61. The smallest absolute Gasteiger partial charge is 0.211 e. The first-order chi connectivity index (χ1) is 56.8. The summed E-state index contributed by atoms with van der Waals surface area (Å²) in [5.74, 6) is -3.21. The molecule has 5 N–H and O–H groups in total. The third kappa shape index (κ3) is 16.2. The Morgan fingerprint density at radius 1 is 0.275 bits per heavy atom. The first kappa shape index (κ1) is 84.7. The van der Waals surface area contributed by atoms with E-state index in [0.717, 1.165) is 84.1 Å². The van der Waals surface area contributed by atoms with E-state index in [1.165, 1.54) is 113 Å². The van der Waals surface area contributed by atoms with Gasteiger partial charge in [-0.15, -0.1) is 0 Å². The number of hydrogen-bond acceptors (Lipinski definition) is 20. The molecule has 120 heavy (non-hydrogen) atoms. The molecule has 10 aromatic rings. The molecule has 10 aliphatic heterocycles. The maximum absolute atomic E-state index is 13.7. The zero-order valence-electron chi connectivity index (χ0n) is 65.7. The summed E-state index contributed by atoms with van der Waals surface area (Å²) < 4.78 is 204. The third-order valence-corrected chi connectivity index (χ3v) is 31.5. The molecular formula is C80H90F5N15O15S5. The Balaban J connectivity index is 0.000000112. The Hall–Kier alpha value is -8.85. The van der Waals surface area contributed by atoms with E-state index >= 15 is 0 Å². The summed E-state index contributed by atoms with van der Waals surface area (Å²) in [6.45, 7) is 2.75. The minimum atomic E-state index is -3.32. The number of sulfonamides is 5. The Morgan fingerprint density at radius 3 is 0.583 bits per heavy atom. The van der Waals surface area contributed by atoms with E-state index in [1.54, 1.807) is 93.0 Å². The van der Waals surface area contributed by atoms with Crippen molar-refractivity contribution >= 4 is 50.1 Å². The molecule has 0 aliphatic carbocycles. The highest BCUT2D eigenvalue weighted by atomic mass is 32.2. The highest BCUT2D eigenvalue weighted by molar-refractivity contribution is 7.89. The molecule has 3 unspecified atom stereocenters. The van der Waals surface area contributed by atoms with Crippen LogP contribution < -0.4 is 0 Å². The van der Waals surface area contributed by atoms with Crippen molar-refractivity contribution in [2.75, 3.05) is 96.7 Å². The van der Waals surface area contributed by atoms with Crippen molar-refractivity contribution in [3.63, 3.8) is 0 Å². The summed E-state index contributed by atoms with van der Waals surface area (Å²) in [4.78, 5) is 20.7. The molecule has 15 heterocycles. The molecule has 0 saturated carbocycles. The van der Waals surface area contributed by atoms with Crippen LogP contribution >= 0.6 is 0 Å². The van der Waals surface area contributed by atoms with Gasteiger partial charge in [-0.05, 0) is 121 Å². The average molecular weight is 1760 g/mol. The van der Waals surface area contributed by atoms with Crippen LogP contribution in [0.2, 0.25) is 0 Å². The predicted molar refractivity (Wildman–Crippen MR) is 431 cm³/mol. The van der Waals surface area contributed by atoms with Crippen LogP contribution in [0.25, 0.3) is 56.3 Å². The fourth-order valence-corrected chi connectivity index (χ4v) is 23.8. The molecule has 5 saturated heterocycles. The second kappa shape index (κ2) is 32.4. The summed E-state index contributed by atoms with van der Waals surface area (Å²) in [6, 6.07) is 21.6. The zero-order valence-corrected chi connectivity index (χ0v) is 69.7. The number of halogens is 5. The summed E-state index contributed by atoms with van der Waals surface area (Å²) in [6.07, 6.45) is 21.3. The number of benzene rings is 5. The van der Waals surface area contributed by atoms with Gasteiger partial charge in [-0.2, -0.15) is 0 Å². The molecule has 0 amide bonds. The molecular weight excluding hydrogens is 1670 g/mol. The normalized spacial score (nSPS) is 27.0. The monoisotopic (exact) mass is 1760 g/mol. The van der Waals surface area contributed by atoms with Crippen molar-refractivity contribution in [3.05, 3.63) is 211 Å². The number of nitrogens with zero attached hydrogens (tertiary/aromatic N) is 15. The minimum absolute atomic E-state index is 0.235. The largest absolute Gasteiger partial charge is 0.393 e. The lowest BCUT2D eigenvalue weighted by Crippen LogP contribution is -2.48. The van der Waals surface area contributed by atoms with Crippen LogP contribution in [0.1, 0.15) is 90.1 Å². The van der Waals surface area contributed by atoms with Gasteiger partial charge in [-0.3, -0.25) is 0 Å². The van der Waals surface area contributed by atoms with Gasteiger partial charge < -0.3 is 48.4 Å². The molecule has 5 aromatic heterocycles. The summed E-state index contributed by atoms with van der Waals surface area (Å²) in [5.41, 5.74) is 12.2. The van der Waals surface area contributed by atoms with Crippen molar-refractivity contribution < 1.29 is 89.6 Å². The van der Waals surface area contributed by atoms with E-state index in [2.05, 4.69) is 24.9 Å². The molecule has 30 nitrogen and oxygen atoms in total. The van der Waals surface area contributed by atoms with Crippen LogP contribution in [0.4, 0.5) is 22.0 Å². The standard InChI is InChI=1S/5C16H18FN3O3S/c5*1-24(22,23)19-5-4-15(21)13(8-19)16-11-3-2-10(17)6-12(11)14-7-18-9-20(14)16/h5*2-3,6-7,9,13,15-16,21H,4-5,8H2,1H3/t2*13-,15-,16+;2*13-,15-,16-;/m1010./s1. The molecule has 5 aromatic carbocycles. The van der Waals surface area contributed by atoms with E-state index in [9.17, 15) is 89.6 Å². The van der Waals surface area contributed by atoms with Crippen molar-refractivity contribution in [1.29, 1.82) is 0 Å². The lowest BCUT2D eigenvalue weighted by atomic mass is 9.85. The van der Waals surface area contributed by atoms with E-state index in [4.69, 9.17) is 0 Å². The molecule has 640 valence electrons. The van der Waals surface area contributed by atoms with Crippen LogP contribution in [-0.2, 0) is 50.1 Å². The number of hydrogen-bond donors (Lipinski definition) is 5. The van der Waals surface area contributed by atoms with E-state index in [1.807, 2.05) is 22.8 Å². The van der Waals surface area contributed by atoms with Gasteiger partial charge in [0, 0.05) is 123 Å². The van der Waals surface area contributed by atoms with Gasteiger partial charge in [0.15, 0.2) is 0 Å². The number of piperidine rings is 5. The second-order valence-corrected chi connectivity index (χ2v) is 42.4. The summed E-state index contributed by atoms with van der Waals surface area (Å²) in [5, 5.41) is 52.6. The highest BCUT2D eigenvalue weighted by Crippen LogP contribution is 2.52. The quantitative estimate of drug-likeness (QED) is 0.0955. The van der Waals surface area contributed by atoms with Gasteiger partial charge in [0.25, 0.3) is 0 Å². The molecule has 20 rings (SSSR count). The number of imidazole rings is 5. The zero-order chi connectivity index (χ0) is 85.3. The van der Waals surface area contributed by atoms with Gasteiger partial charge in [-0.25, -0.2) is 110 Å². The van der Waals surface area contributed by atoms with Gasteiger partial charge in [0.1, 0.15) is 29.1 Å². The van der Waals surface area contributed by atoms with Crippen molar-refractivity contribution in [3.8, 4) is 56.3 Å². The van der Waals surface area contributed by atoms with Crippen LogP contribution in [0.3, 0.4) is 0 Å². The molecule has 0 radical (unpaired) electrons. The highest BCUT2D eigenvalue weighted by Gasteiger charge is 2.49. The van der Waals surface area contributed by atoms with Gasteiger partial charge in [0.05, 0.1) is 183 Å². The predicted octanol–water partition coefficient (Wildman–Crippen LogP) is 6.17. The summed E-state index contributed by atoms with van der Waals surface area (Å²) >= 11 is 0.